The molecule has 0 spiro atoms. The Morgan fingerprint density at radius 1 is 0.630 bits per heavy atom. The predicted molar refractivity (Wildman–Crippen MR) is 105 cm³/mol. The van der Waals surface area contributed by atoms with Gasteiger partial charge >= 0.3 is 25.8 Å². The Labute approximate surface area is 193 Å². The monoisotopic (exact) mass is 562 g/mol. The Kier molecular flexibility index (Phi) is 8.53. The van der Waals surface area contributed by atoms with E-state index in [-0.39, 0.29) is 50.7 Å². The third-order valence-electron chi connectivity index (χ3n) is 5.71. The summed E-state index contributed by atoms with van der Waals surface area (Å²) in [5, 5.41) is 5.72. The smallest absolute Gasteiger partial charge is 1.00 e. The molecule has 0 aliphatic rings. The maximum atomic E-state index is 2.32. The maximum Gasteiger partial charge on any atom is 4.00 e. The number of benzene rings is 2. The maximum absolute atomic E-state index is 2.32. The largest absolute Gasteiger partial charge is 4.00 e. The fraction of sp³-hybridized carbons (Fsp3) is 0.250. The molecule has 4 aromatic rings. The van der Waals surface area contributed by atoms with Crippen LogP contribution in [-0.4, -0.2) is 0 Å². The average molecular weight is 562 g/mol. The molecule has 0 bridgehead atoms. The summed E-state index contributed by atoms with van der Waals surface area (Å²) in [6.07, 6.45) is 2.20. The molecular weight excluding hydrogens is 538 g/mol. The van der Waals surface area contributed by atoms with Gasteiger partial charge in [0.1, 0.15) is 0 Å². The van der Waals surface area contributed by atoms with Gasteiger partial charge in [-0.3, -0.25) is 0 Å². The summed E-state index contributed by atoms with van der Waals surface area (Å²) in [6, 6.07) is 18.1. The molecule has 0 aromatic heterocycles. The van der Waals surface area contributed by atoms with Crippen molar-refractivity contribution in [1.82, 2.24) is 0 Å². The van der Waals surface area contributed by atoms with Gasteiger partial charge in [0, 0.05) is 0 Å². The predicted octanol–water partition coefficient (Wildman–Crippen LogP) is 0.455. The second-order valence-corrected chi connectivity index (χ2v) is 7.17. The first-order valence-corrected chi connectivity index (χ1v) is 8.85. The minimum Gasteiger partial charge on any atom is -1.00 e. The van der Waals surface area contributed by atoms with Crippen molar-refractivity contribution in [2.24, 2.45) is 0 Å². The first kappa shape index (κ1) is 24.1. The second kappa shape index (κ2) is 9.54. The van der Waals surface area contributed by atoms with Crippen molar-refractivity contribution in [2.45, 2.75) is 40.5 Å². The zero-order chi connectivity index (χ0) is 16.8. The average Bonchev–Trinajstić information content (AvgIpc) is 3.03. The van der Waals surface area contributed by atoms with Crippen LogP contribution in [0.25, 0.3) is 21.5 Å². The Morgan fingerprint density at radius 2 is 1.00 bits per heavy atom. The number of hydrogen-bond donors (Lipinski definition) is 0. The van der Waals surface area contributed by atoms with Gasteiger partial charge in [0.15, 0.2) is 0 Å². The topological polar surface area (TPSA) is 0 Å². The molecule has 0 N–H and O–H groups in total. The van der Waals surface area contributed by atoms with E-state index in [1.54, 1.807) is 0 Å². The minimum absolute atomic E-state index is 0. The first-order chi connectivity index (χ1) is 11.6. The van der Waals surface area contributed by atoms with E-state index >= 15 is 0 Å². The molecule has 0 radical (unpaired) electrons. The molecule has 3 heteroatoms. The van der Waals surface area contributed by atoms with Gasteiger partial charge in [-0.15, -0.1) is 69.1 Å². The summed E-state index contributed by atoms with van der Waals surface area (Å²) in [4.78, 5) is 0. The third-order valence-corrected chi connectivity index (χ3v) is 5.71. The summed E-state index contributed by atoms with van der Waals surface area (Å²) < 4.78 is 0. The van der Waals surface area contributed by atoms with Crippen molar-refractivity contribution in [2.75, 3.05) is 0 Å². The molecule has 0 heterocycles. The van der Waals surface area contributed by atoms with E-state index in [0.717, 1.165) is 12.8 Å². The van der Waals surface area contributed by atoms with Gasteiger partial charge < -0.3 is 24.8 Å². The van der Waals surface area contributed by atoms with Crippen molar-refractivity contribution in [3.63, 3.8) is 0 Å². The Bertz CT molecular complexity index is 967. The Morgan fingerprint density at radius 3 is 1.37 bits per heavy atom. The van der Waals surface area contributed by atoms with Gasteiger partial charge in [-0.05, 0) is 12.8 Å². The summed E-state index contributed by atoms with van der Waals surface area (Å²) in [6.45, 7) is 8.95. The molecule has 0 atom stereocenters. The fourth-order valence-corrected chi connectivity index (χ4v) is 4.16. The van der Waals surface area contributed by atoms with Crippen molar-refractivity contribution < 1.29 is 50.7 Å². The molecule has 0 fully saturated rings. The summed E-state index contributed by atoms with van der Waals surface area (Å²) in [5.74, 6) is 0. The van der Waals surface area contributed by atoms with Crippen LogP contribution in [0.4, 0.5) is 0 Å². The van der Waals surface area contributed by atoms with Gasteiger partial charge in [0.05, 0.1) is 0 Å². The molecule has 0 nitrogen and oxygen atoms in total. The number of rotatable bonds is 3. The van der Waals surface area contributed by atoms with E-state index in [2.05, 4.69) is 76.2 Å². The summed E-state index contributed by atoms with van der Waals surface area (Å²) >= 11 is 0. The van der Waals surface area contributed by atoms with Gasteiger partial charge in [0.25, 0.3) is 0 Å². The van der Waals surface area contributed by atoms with Gasteiger partial charge in [-0.1, -0.05) is 51.0 Å². The van der Waals surface area contributed by atoms with E-state index in [1.807, 2.05) is 0 Å². The number of aryl methyl sites for hydroxylation is 6. The zero-order valence-electron chi connectivity index (χ0n) is 16.3. The third kappa shape index (κ3) is 4.26. The van der Waals surface area contributed by atoms with E-state index in [0.29, 0.717) is 0 Å². The molecule has 0 amide bonds. The molecule has 0 saturated carbocycles. The standard InChI is InChI=1S/C24H24.2ClH.Hf/c1-15-13-21-9-5-7-19(23(21)17(15)3)11-12-20-8-6-10-22-14-16(2)18(4)24(20)22;;;/h5-10,13-14H,11-12H2,1-4H3;2*1H;/q-2;;;+4/p-2. The van der Waals surface area contributed by atoms with Crippen molar-refractivity contribution in [1.29, 1.82) is 0 Å². The van der Waals surface area contributed by atoms with Gasteiger partial charge in [0.2, 0.25) is 0 Å². The Hall–Kier alpha value is -0.890. The molecular formula is C24H24Cl2Hf. The molecule has 0 aliphatic heterocycles. The summed E-state index contributed by atoms with van der Waals surface area (Å²) in [5.41, 5.74) is 8.66. The number of hydrogen-bond acceptors (Lipinski definition) is 0. The van der Waals surface area contributed by atoms with Crippen molar-refractivity contribution in [3.05, 3.63) is 81.9 Å². The summed E-state index contributed by atoms with van der Waals surface area (Å²) in [7, 11) is 0. The van der Waals surface area contributed by atoms with Crippen molar-refractivity contribution >= 4 is 21.5 Å². The molecule has 0 aliphatic carbocycles. The van der Waals surface area contributed by atoms with E-state index < -0.39 is 0 Å². The molecule has 0 unspecified atom stereocenters. The van der Waals surface area contributed by atoms with Crippen LogP contribution in [0.2, 0.25) is 0 Å². The molecule has 138 valence electrons. The first-order valence-electron chi connectivity index (χ1n) is 8.85. The van der Waals surface area contributed by atoms with E-state index in [9.17, 15) is 0 Å². The van der Waals surface area contributed by atoms with Crippen LogP contribution in [0.1, 0.15) is 33.4 Å². The van der Waals surface area contributed by atoms with Crippen LogP contribution in [-0.2, 0) is 38.7 Å². The normalized spacial score (nSPS) is 10.4. The van der Waals surface area contributed by atoms with Crippen LogP contribution in [0.5, 0.6) is 0 Å². The van der Waals surface area contributed by atoms with Crippen LogP contribution in [0.15, 0.2) is 48.5 Å². The minimum atomic E-state index is 0. The van der Waals surface area contributed by atoms with Gasteiger partial charge in [-0.25, -0.2) is 0 Å². The van der Waals surface area contributed by atoms with Crippen molar-refractivity contribution in [3.8, 4) is 0 Å². The SMILES string of the molecule is Cc1[cH-]c2cccc(CCc3cccc4[cH-]c(C)c(C)c34)c2c1C.[Cl-].[Cl-].[Hf+4]. The molecule has 27 heavy (non-hydrogen) atoms. The van der Waals surface area contributed by atoms with E-state index in [1.165, 1.54) is 54.9 Å². The zero-order valence-corrected chi connectivity index (χ0v) is 21.4. The fourth-order valence-electron chi connectivity index (χ4n) is 4.16. The van der Waals surface area contributed by atoms with Gasteiger partial charge in [-0.2, -0.15) is 11.1 Å². The number of halogens is 2. The quantitative estimate of drug-likeness (QED) is 0.252. The molecule has 4 aromatic carbocycles. The van der Waals surface area contributed by atoms with Crippen LogP contribution in [0.3, 0.4) is 0 Å². The Balaban J connectivity index is 0.00000121. The van der Waals surface area contributed by atoms with Crippen LogP contribution >= 0.6 is 0 Å². The van der Waals surface area contributed by atoms with Crippen LogP contribution < -0.4 is 24.8 Å². The number of fused-ring (bicyclic) bond motifs is 2. The van der Waals surface area contributed by atoms with E-state index in [4.69, 9.17) is 0 Å². The molecule has 0 saturated heterocycles. The second-order valence-electron chi connectivity index (χ2n) is 7.17. The van der Waals surface area contributed by atoms with Crippen LogP contribution in [0, 0.1) is 27.7 Å². The molecule has 4 rings (SSSR count).